The van der Waals surface area contributed by atoms with Gasteiger partial charge < -0.3 is 15.3 Å². The predicted octanol–water partition coefficient (Wildman–Crippen LogP) is 0.309. The third-order valence-electron chi connectivity index (χ3n) is 2.99. The van der Waals surface area contributed by atoms with Crippen molar-refractivity contribution in [2.75, 3.05) is 26.2 Å². The first-order valence-electron chi connectivity index (χ1n) is 5.71. The van der Waals surface area contributed by atoms with Crippen LogP contribution in [0.2, 0.25) is 0 Å². The van der Waals surface area contributed by atoms with Crippen LogP contribution in [0.15, 0.2) is 0 Å². The first kappa shape index (κ1) is 13.0. The first-order valence-corrected chi connectivity index (χ1v) is 5.71. The zero-order valence-corrected chi connectivity index (χ0v) is 9.95. The summed E-state index contributed by atoms with van der Waals surface area (Å²) in [5.41, 5.74) is -0.426. The van der Waals surface area contributed by atoms with E-state index >= 15 is 0 Å². The summed E-state index contributed by atoms with van der Waals surface area (Å²) in [6.07, 6.45) is 1.56. The van der Waals surface area contributed by atoms with Gasteiger partial charge in [-0.05, 0) is 26.3 Å². The van der Waals surface area contributed by atoms with E-state index in [0.29, 0.717) is 13.1 Å². The Hall–Kier alpha value is -1.10. The van der Waals surface area contributed by atoms with Crippen molar-refractivity contribution in [2.24, 2.45) is 5.41 Å². The van der Waals surface area contributed by atoms with Crippen LogP contribution in [-0.4, -0.2) is 48.1 Å². The Morgan fingerprint density at radius 1 is 1.50 bits per heavy atom. The number of carboxylic acids is 1. The molecule has 92 valence electrons. The average molecular weight is 228 g/mol. The summed E-state index contributed by atoms with van der Waals surface area (Å²) in [7, 11) is 0. The second-order valence-electron chi connectivity index (χ2n) is 4.61. The lowest BCUT2D eigenvalue weighted by Gasteiger charge is -2.29. The molecule has 1 heterocycles. The molecule has 0 aromatic carbocycles. The lowest BCUT2D eigenvalue weighted by atomic mass is 9.88. The highest BCUT2D eigenvalue weighted by Crippen LogP contribution is 2.27. The van der Waals surface area contributed by atoms with Gasteiger partial charge in [-0.3, -0.25) is 9.59 Å². The van der Waals surface area contributed by atoms with E-state index in [-0.39, 0.29) is 12.5 Å². The number of carboxylic acid groups (broad SMARTS) is 1. The van der Waals surface area contributed by atoms with E-state index in [1.54, 1.807) is 0 Å². The summed E-state index contributed by atoms with van der Waals surface area (Å²) in [5.74, 6) is -0.988. The van der Waals surface area contributed by atoms with Crippen molar-refractivity contribution in [1.82, 2.24) is 10.2 Å². The Morgan fingerprint density at radius 2 is 2.19 bits per heavy atom. The van der Waals surface area contributed by atoms with Crippen LogP contribution < -0.4 is 5.32 Å². The third kappa shape index (κ3) is 2.95. The molecule has 1 atom stereocenters. The van der Waals surface area contributed by atoms with Crippen LogP contribution in [0, 0.1) is 5.41 Å². The largest absolute Gasteiger partial charge is 0.480 e. The van der Waals surface area contributed by atoms with Gasteiger partial charge in [0.1, 0.15) is 6.54 Å². The van der Waals surface area contributed by atoms with Crippen LogP contribution in [0.4, 0.5) is 0 Å². The molecule has 0 radical (unpaired) electrons. The Balaban J connectivity index is 2.69. The van der Waals surface area contributed by atoms with Crippen LogP contribution in [0.1, 0.15) is 26.7 Å². The van der Waals surface area contributed by atoms with Crippen LogP contribution in [0.5, 0.6) is 0 Å². The molecule has 0 bridgehead atoms. The van der Waals surface area contributed by atoms with Crippen molar-refractivity contribution in [2.45, 2.75) is 26.7 Å². The molecular weight excluding hydrogens is 208 g/mol. The molecule has 5 heteroatoms. The fourth-order valence-electron chi connectivity index (χ4n) is 2.07. The number of nitrogens with one attached hydrogen (secondary N) is 1. The summed E-state index contributed by atoms with van der Waals surface area (Å²) in [6.45, 7) is 5.64. The van der Waals surface area contributed by atoms with Crippen molar-refractivity contribution in [3.05, 3.63) is 0 Å². The zero-order valence-electron chi connectivity index (χ0n) is 9.95. The topological polar surface area (TPSA) is 69.6 Å². The van der Waals surface area contributed by atoms with Gasteiger partial charge in [0.05, 0.1) is 5.41 Å². The highest BCUT2D eigenvalue weighted by atomic mass is 16.4. The van der Waals surface area contributed by atoms with Crippen LogP contribution in [0.3, 0.4) is 0 Å². The maximum atomic E-state index is 12.2. The molecule has 16 heavy (non-hydrogen) atoms. The van der Waals surface area contributed by atoms with Gasteiger partial charge in [-0.1, -0.05) is 6.92 Å². The van der Waals surface area contributed by atoms with Gasteiger partial charge in [0.2, 0.25) is 5.91 Å². The molecule has 0 aromatic heterocycles. The molecule has 1 aliphatic rings. The molecule has 0 saturated carbocycles. The monoisotopic (exact) mass is 228 g/mol. The molecule has 1 amide bonds. The van der Waals surface area contributed by atoms with Crippen molar-refractivity contribution >= 4 is 11.9 Å². The van der Waals surface area contributed by atoms with Crippen molar-refractivity contribution in [3.63, 3.8) is 0 Å². The van der Waals surface area contributed by atoms with E-state index in [4.69, 9.17) is 5.11 Å². The molecule has 1 fully saturated rings. The van der Waals surface area contributed by atoms with Gasteiger partial charge >= 0.3 is 5.97 Å². The van der Waals surface area contributed by atoms with Crippen LogP contribution >= 0.6 is 0 Å². The van der Waals surface area contributed by atoms with Gasteiger partial charge in [-0.2, -0.15) is 0 Å². The summed E-state index contributed by atoms with van der Waals surface area (Å²) in [6, 6.07) is 0. The predicted molar refractivity (Wildman–Crippen MR) is 60.1 cm³/mol. The highest BCUT2D eigenvalue weighted by molar-refractivity contribution is 5.86. The Labute approximate surface area is 95.8 Å². The fraction of sp³-hybridized carbons (Fsp3) is 0.818. The number of aliphatic carboxylic acids is 1. The second-order valence-corrected chi connectivity index (χ2v) is 4.61. The minimum absolute atomic E-state index is 0.0400. The second kappa shape index (κ2) is 5.30. The SMILES string of the molecule is CCCN(CC(=O)O)C(=O)C1(C)CCNC1. The summed E-state index contributed by atoms with van der Waals surface area (Å²) in [5, 5.41) is 11.9. The maximum Gasteiger partial charge on any atom is 0.323 e. The van der Waals surface area contributed by atoms with Crippen molar-refractivity contribution in [3.8, 4) is 0 Å². The molecule has 1 saturated heterocycles. The van der Waals surface area contributed by atoms with E-state index < -0.39 is 11.4 Å². The number of rotatable bonds is 5. The fourth-order valence-corrected chi connectivity index (χ4v) is 2.07. The van der Waals surface area contributed by atoms with Gasteiger partial charge in [0, 0.05) is 13.1 Å². The normalized spacial score (nSPS) is 24.4. The molecular formula is C11H20N2O3. The lowest BCUT2D eigenvalue weighted by Crippen LogP contribution is -2.46. The third-order valence-corrected chi connectivity index (χ3v) is 2.99. The molecule has 1 unspecified atom stereocenters. The van der Waals surface area contributed by atoms with Gasteiger partial charge in [-0.15, -0.1) is 0 Å². The number of carbonyl (C=O) groups excluding carboxylic acids is 1. The quantitative estimate of drug-likeness (QED) is 0.710. The highest BCUT2D eigenvalue weighted by Gasteiger charge is 2.39. The van der Waals surface area contributed by atoms with Gasteiger partial charge in [-0.25, -0.2) is 0 Å². The molecule has 1 rings (SSSR count). The number of hydrogen-bond acceptors (Lipinski definition) is 3. The number of hydrogen-bond donors (Lipinski definition) is 2. The molecule has 0 aliphatic carbocycles. The number of amides is 1. The van der Waals surface area contributed by atoms with E-state index in [2.05, 4.69) is 5.32 Å². The van der Waals surface area contributed by atoms with Crippen LogP contribution in [-0.2, 0) is 9.59 Å². The Morgan fingerprint density at radius 3 is 2.62 bits per heavy atom. The van der Waals surface area contributed by atoms with E-state index in [1.165, 1.54) is 4.90 Å². The van der Waals surface area contributed by atoms with E-state index in [9.17, 15) is 9.59 Å². The van der Waals surface area contributed by atoms with Crippen molar-refractivity contribution < 1.29 is 14.7 Å². The average Bonchev–Trinajstić information content (AvgIpc) is 2.64. The smallest absolute Gasteiger partial charge is 0.323 e. The summed E-state index contributed by atoms with van der Waals surface area (Å²) >= 11 is 0. The lowest BCUT2D eigenvalue weighted by molar-refractivity contribution is -0.148. The van der Waals surface area contributed by atoms with Gasteiger partial charge in [0.25, 0.3) is 0 Å². The molecule has 2 N–H and O–H groups in total. The minimum atomic E-state index is -0.948. The maximum absolute atomic E-state index is 12.2. The number of carbonyl (C=O) groups is 2. The molecule has 0 aromatic rings. The first-order chi connectivity index (χ1) is 7.49. The Bertz CT molecular complexity index is 272. The van der Waals surface area contributed by atoms with Crippen LogP contribution in [0.25, 0.3) is 0 Å². The van der Waals surface area contributed by atoms with E-state index in [1.807, 2.05) is 13.8 Å². The molecule has 5 nitrogen and oxygen atoms in total. The van der Waals surface area contributed by atoms with E-state index in [0.717, 1.165) is 19.4 Å². The Kier molecular flexibility index (Phi) is 4.29. The molecule has 1 aliphatic heterocycles. The van der Waals surface area contributed by atoms with Crippen molar-refractivity contribution in [1.29, 1.82) is 0 Å². The summed E-state index contributed by atoms with van der Waals surface area (Å²) in [4.78, 5) is 24.4. The standard InChI is InChI=1S/C11H20N2O3/c1-3-6-13(7-9(14)15)10(16)11(2)4-5-12-8-11/h12H,3-8H2,1-2H3,(H,14,15). The van der Waals surface area contributed by atoms with Gasteiger partial charge in [0.15, 0.2) is 0 Å². The zero-order chi connectivity index (χ0) is 12.2. The summed E-state index contributed by atoms with van der Waals surface area (Å²) < 4.78 is 0. The minimum Gasteiger partial charge on any atom is -0.480 e. The molecule has 0 spiro atoms. The number of nitrogens with zero attached hydrogens (tertiary/aromatic N) is 1.